The highest BCUT2D eigenvalue weighted by molar-refractivity contribution is 7.99. The molecule has 0 fully saturated rings. The van der Waals surface area contributed by atoms with Gasteiger partial charge in [0.05, 0.1) is 7.11 Å². The number of benzene rings is 1. The maximum absolute atomic E-state index is 7.46. The Balaban J connectivity index is 2.92. The van der Waals surface area contributed by atoms with Crippen molar-refractivity contribution in [3.63, 3.8) is 0 Å². The summed E-state index contributed by atoms with van der Waals surface area (Å²) in [5, 5.41) is 0. The monoisotopic (exact) mass is 185 g/mol. The number of ether oxygens (including phenoxy) is 1. The fraction of sp³-hybridized carbons (Fsp3) is 0.400. The fourth-order valence-electron chi connectivity index (χ4n) is 1.01. The molecule has 0 aliphatic carbocycles. The number of aryl methyl sites for hydroxylation is 1. The highest BCUT2D eigenvalue weighted by atomic mass is 32.2. The lowest BCUT2D eigenvalue weighted by molar-refractivity contribution is 0.413. The zero-order chi connectivity index (χ0) is 10.8. The van der Waals surface area contributed by atoms with Gasteiger partial charge < -0.3 is 4.74 Å². The average Bonchev–Trinajstić information content (AvgIpc) is 1.99. The van der Waals surface area contributed by atoms with Crippen LogP contribution in [-0.2, 0) is 0 Å². The van der Waals surface area contributed by atoms with E-state index in [4.69, 9.17) is 7.48 Å². The largest absolute Gasteiger partial charge is 0.497 e. The van der Waals surface area contributed by atoms with Crippen molar-refractivity contribution < 1.29 is 7.48 Å². The van der Waals surface area contributed by atoms with Crippen molar-refractivity contribution in [2.24, 2.45) is 0 Å². The van der Waals surface area contributed by atoms with Crippen LogP contribution in [0, 0.1) is 6.92 Å². The van der Waals surface area contributed by atoms with E-state index >= 15 is 0 Å². The van der Waals surface area contributed by atoms with E-state index in [2.05, 4.69) is 0 Å². The molecule has 66 valence electrons. The summed E-state index contributed by atoms with van der Waals surface area (Å²) in [6.45, 7) is 3.52. The molecule has 0 saturated carbocycles. The summed E-state index contributed by atoms with van der Waals surface area (Å²) in [6, 6.07) is 5.73. The summed E-state index contributed by atoms with van der Waals surface area (Å²) in [5.41, 5.74) is -0.171. The van der Waals surface area contributed by atoms with Gasteiger partial charge in [-0.25, -0.2) is 0 Å². The van der Waals surface area contributed by atoms with Crippen LogP contribution in [0.4, 0.5) is 0 Å². The van der Waals surface area contributed by atoms with Crippen molar-refractivity contribution in [3.8, 4) is 5.75 Å². The smallest absolute Gasteiger partial charge is 0.120 e. The van der Waals surface area contributed by atoms with Crippen LogP contribution in [0.3, 0.4) is 0 Å². The van der Waals surface area contributed by atoms with Crippen LogP contribution in [0.5, 0.6) is 5.75 Å². The molecule has 0 aliphatic heterocycles. The molecule has 0 bridgehead atoms. The van der Waals surface area contributed by atoms with Gasteiger partial charge in [-0.1, -0.05) is 6.92 Å². The third-order valence-corrected chi connectivity index (χ3v) is 2.16. The van der Waals surface area contributed by atoms with Gasteiger partial charge in [0, 0.05) is 7.64 Å². The van der Waals surface area contributed by atoms with Crippen molar-refractivity contribution >= 4 is 11.8 Å². The number of hydrogen-bond acceptors (Lipinski definition) is 2. The van der Waals surface area contributed by atoms with Crippen molar-refractivity contribution in [1.82, 2.24) is 0 Å². The Morgan fingerprint density at radius 1 is 1.50 bits per heavy atom. The number of thioether (sulfide) groups is 1. The van der Waals surface area contributed by atoms with Gasteiger partial charge >= 0.3 is 0 Å². The lowest BCUT2D eigenvalue weighted by Crippen LogP contribution is -1.84. The van der Waals surface area contributed by atoms with Crippen molar-refractivity contribution in [1.29, 1.82) is 0 Å². The lowest BCUT2D eigenvalue weighted by atomic mass is 10.2. The predicted molar refractivity (Wildman–Crippen MR) is 54.1 cm³/mol. The van der Waals surface area contributed by atoms with Gasteiger partial charge in [-0.15, -0.1) is 11.8 Å². The van der Waals surface area contributed by atoms with Gasteiger partial charge in [0.25, 0.3) is 0 Å². The van der Waals surface area contributed by atoms with E-state index in [-0.39, 0.29) is 0 Å². The van der Waals surface area contributed by atoms with Crippen molar-refractivity contribution in [2.75, 3.05) is 12.8 Å². The summed E-state index contributed by atoms with van der Waals surface area (Å²) in [6.07, 6.45) is 0. The Morgan fingerprint density at radius 2 is 2.25 bits per heavy atom. The van der Waals surface area contributed by atoms with E-state index in [1.807, 2.05) is 25.1 Å². The van der Waals surface area contributed by atoms with E-state index < -0.39 is 5.70 Å². The number of methoxy groups -OCH3 is 1. The number of rotatable bonds is 3. The van der Waals surface area contributed by atoms with E-state index in [1.54, 1.807) is 14.0 Å². The van der Waals surface area contributed by atoms with E-state index in [0.717, 1.165) is 16.2 Å². The Morgan fingerprint density at radius 3 is 2.83 bits per heavy atom. The first-order chi connectivity index (χ1) is 6.40. The summed E-state index contributed by atoms with van der Waals surface area (Å²) in [5.74, 6) is 0.775. The third-order valence-electron chi connectivity index (χ3n) is 1.48. The fourth-order valence-corrected chi connectivity index (χ4v) is 1.66. The molecule has 0 spiro atoms. The van der Waals surface area contributed by atoms with Crippen LogP contribution in [0.15, 0.2) is 23.1 Å². The molecule has 0 aromatic heterocycles. The van der Waals surface area contributed by atoms with Crippen LogP contribution in [0.2, 0.25) is 0 Å². The molecule has 0 aliphatic rings. The summed E-state index contributed by atoms with van der Waals surface area (Å²) in [4.78, 5) is 0.898. The molecule has 0 saturated heterocycles. The zero-order valence-corrected chi connectivity index (χ0v) is 8.37. The van der Waals surface area contributed by atoms with E-state index in [1.165, 1.54) is 11.8 Å². The Bertz CT molecular complexity index is 320. The molecule has 1 aromatic rings. The minimum absolute atomic E-state index is 0.775. The van der Waals surface area contributed by atoms with Gasteiger partial charge in [0.1, 0.15) is 5.75 Å². The molecule has 0 unspecified atom stereocenters. The third kappa shape index (κ3) is 2.45. The standard InChI is InChI=1S/C10H14OS/c1-4-12-10-6-8(2)5-9(7-10)11-3/h5-7H,4H2,1-3H3/i4+1D2. The van der Waals surface area contributed by atoms with Crippen LogP contribution in [0.25, 0.3) is 0 Å². The van der Waals surface area contributed by atoms with E-state index in [9.17, 15) is 0 Å². The normalized spacial score (nSPS) is 13.6. The van der Waals surface area contributed by atoms with Crippen molar-refractivity contribution in [2.45, 2.75) is 18.7 Å². The summed E-state index contributed by atoms with van der Waals surface area (Å²) < 4.78 is 20.0. The molecule has 12 heavy (non-hydrogen) atoms. The molecule has 0 heterocycles. The summed E-state index contributed by atoms with van der Waals surface area (Å²) in [7, 11) is 1.61. The Kier molecular flexibility index (Phi) is 2.51. The summed E-state index contributed by atoms with van der Waals surface area (Å²) >= 11 is 1.20. The van der Waals surface area contributed by atoms with Gasteiger partial charge in [-0.2, -0.15) is 0 Å². The highest BCUT2D eigenvalue weighted by Gasteiger charge is 1.97. The first kappa shape index (κ1) is 6.84. The lowest BCUT2D eigenvalue weighted by Gasteiger charge is -2.04. The Hall–Kier alpha value is -0.630. The first-order valence-electron chi connectivity index (χ1n) is 4.75. The van der Waals surface area contributed by atoms with Crippen LogP contribution < -0.4 is 4.74 Å². The molecular weight excluding hydrogens is 169 g/mol. The van der Waals surface area contributed by atoms with Gasteiger partial charge in [-0.3, -0.25) is 0 Å². The maximum atomic E-state index is 7.46. The zero-order valence-electron chi connectivity index (χ0n) is 9.55. The molecular formula is C10H14OS. The molecule has 0 amide bonds. The molecule has 1 nitrogen and oxygen atoms in total. The second kappa shape index (κ2) is 4.41. The molecule has 1 rings (SSSR count). The second-order valence-corrected chi connectivity index (χ2v) is 3.58. The molecule has 0 atom stereocenters. The highest BCUT2D eigenvalue weighted by Crippen LogP contribution is 2.24. The number of hydrogen-bond donors (Lipinski definition) is 0. The van der Waals surface area contributed by atoms with Crippen LogP contribution >= 0.6 is 11.8 Å². The maximum Gasteiger partial charge on any atom is 0.120 e. The van der Waals surface area contributed by atoms with Gasteiger partial charge in [-0.05, 0) is 36.4 Å². The first-order valence-corrected chi connectivity index (χ1v) is 4.57. The van der Waals surface area contributed by atoms with Crippen LogP contribution in [0.1, 0.15) is 15.2 Å². The van der Waals surface area contributed by atoms with E-state index in [0.29, 0.717) is 0 Å². The predicted octanol–water partition coefficient (Wildman–Crippen LogP) is 3.12. The second-order valence-electron chi connectivity index (χ2n) is 2.49. The van der Waals surface area contributed by atoms with Crippen LogP contribution in [-0.4, -0.2) is 12.8 Å². The van der Waals surface area contributed by atoms with Gasteiger partial charge in [0.15, 0.2) is 0 Å². The van der Waals surface area contributed by atoms with Gasteiger partial charge in [0.2, 0.25) is 0 Å². The Labute approximate surface area is 80.9 Å². The molecule has 2 heteroatoms. The minimum atomic E-state index is -1.25. The van der Waals surface area contributed by atoms with Crippen molar-refractivity contribution in [3.05, 3.63) is 23.8 Å². The SMILES string of the molecule is [2H][13C]([2H])(C)Sc1cc(C)cc(OC)c1. The molecule has 0 radical (unpaired) electrons. The minimum Gasteiger partial charge on any atom is -0.497 e. The topological polar surface area (TPSA) is 9.23 Å². The quantitative estimate of drug-likeness (QED) is 0.528. The molecule has 0 N–H and O–H groups in total. The molecule has 1 aromatic carbocycles. The average molecular weight is 185 g/mol.